The van der Waals surface area contributed by atoms with Crippen LogP contribution in [0.15, 0.2) is 30.3 Å². The summed E-state index contributed by atoms with van der Waals surface area (Å²) in [5.74, 6) is -5.19. The van der Waals surface area contributed by atoms with Crippen LogP contribution in [0.2, 0.25) is 0 Å². The molecule has 11 N–H and O–H groups in total. The Morgan fingerprint density at radius 2 is 1.08 bits per heavy atom. The largest absolute Gasteiger partial charge is 0.480 e. The van der Waals surface area contributed by atoms with E-state index in [9.17, 15) is 48.6 Å². The Balaban J connectivity index is 1.61. The fourth-order valence-corrected chi connectivity index (χ4v) is 8.23. The molecule has 0 spiro atoms. The van der Waals surface area contributed by atoms with Gasteiger partial charge in [-0.2, -0.15) is 0 Å². The number of aliphatic carboxylic acids is 1. The SMILES string of the molecule is CC(C)C[C@H](NC(=O)[C@@H](NC(=O)CCCCCCCCCCCCCCC(=O)N[C@@H](CC(N)=O)C(=O)N[C@@H](CC1CCCCC1)C(=O)O)C(C)O)C(=O)N[C@@H](Cc1ccccc1)C(N)=O. The number of amides is 7. The Kier molecular flexibility index (Phi) is 27.4. The molecule has 1 fully saturated rings. The number of aliphatic hydroxyl groups is 1. The number of hydrogen-bond donors (Lipinski definition) is 9. The van der Waals surface area contributed by atoms with Gasteiger partial charge in [-0.3, -0.25) is 33.6 Å². The zero-order valence-corrected chi connectivity index (χ0v) is 39.1. The lowest BCUT2D eigenvalue weighted by Gasteiger charge is -2.26. The normalized spacial score (nSPS) is 15.6. The molecule has 1 saturated carbocycles. The molecule has 0 heterocycles. The first kappa shape index (κ1) is 56.1. The highest BCUT2D eigenvalue weighted by atomic mass is 16.4. The standard InChI is InChI=1S/C48H79N7O10/c1-32(2)28-37(45(61)52-36(44(50)60)29-34-22-16-14-17-23-34)53-47(63)43(33(3)56)55-42(59)27-21-13-11-9-7-5-4-6-8-10-12-20-26-41(58)51-38(31-40(49)57)46(62)54-39(48(64)65)30-35-24-18-15-19-25-35/h14,16-17,22-23,32-33,35-39,43,56H,4-13,15,18-21,24-31H2,1-3H3,(H2,49,57)(H2,50,60)(H,51,58)(H,52,61)(H,53,63)(H,54,62)(H,55,59)(H,64,65)/t33?,36-,37-,38-,39-,43-/m0/s1. The minimum Gasteiger partial charge on any atom is -0.480 e. The average Bonchev–Trinajstić information content (AvgIpc) is 3.24. The monoisotopic (exact) mass is 914 g/mol. The quantitative estimate of drug-likeness (QED) is 0.0449. The zero-order chi connectivity index (χ0) is 48.1. The number of primary amides is 2. The predicted molar refractivity (Wildman–Crippen MR) is 247 cm³/mol. The van der Waals surface area contributed by atoms with Crippen LogP contribution in [0.3, 0.4) is 0 Å². The van der Waals surface area contributed by atoms with E-state index in [-0.39, 0.29) is 49.3 Å². The predicted octanol–water partition coefficient (Wildman–Crippen LogP) is 3.96. The highest BCUT2D eigenvalue weighted by Gasteiger charge is 2.33. The molecule has 0 aliphatic heterocycles. The summed E-state index contributed by atoms with van der Waals surface area (Å²) in [6.07, 6.45) is 15.7. The van der Waals surface area contributed by atoms with Gasteiger partial charge in [0.25, 0.3) is 0 Å². The lowest BCUT2D eigenvalue weighted by molar-refractivity contribution is -0.143. The number of aliphatic hydroxyl groups excluding tert-OH is 1. The van der Waals surface area contributed by atoms with Gasteiger partial charge in [0.15, 0.2) is 0 Å². The maximum atomic E-state index is 13.3. The molecule has 17 nitrogen and oxygen atoms in total. The van der Waals surface area contributed by atoms with Crippen LogP contribution < -0.4 is 38.1 Å². The first-order chi connectivity index (χ1) is 31.0. The van der Waals surface area contributed by atoms with E-state index in [1.165, 1.54) is 6.92 Å². The molecule has 2 rings (SSSR count). The number of unbranched alkanes of at least 4 members (excludes halogenated alkanes) is 11. The highest BCUT2D eigenvalue weighted by Crippen LogP contribution is 2.27. The maximum absolute atomic E-state index is 13.3. The van der Waals surface area contributed by atoms with E-state index in [4.69, 9.17) is 11.5 Å². The molecule has 1 aliphatic rings. The molecule has 17 heteroatoms. The van der Waals surface area contributed by atoms with E-state index in [0.717, 1.165) is 102 Å². The van der Waals surface area contributed by atoms with Crippen molar-refractivity contribution in [1.29, 1.82) is 0 Å². The average molecular weight is 914 g/mol. The second kappa shape index (κ2) is 31.8. The summed E-state index contributed by atoms with van der Waals surface area (Å²) in [4.78, 5) is 101. The third-order valence-corrected chi connectivity index (χ3v) is 11.9. The van der Waals surface area contributed by atoms with E-state index in [1.54, 1.807) is 0 Å². The lowest BCUT2D eigenvalue weighted by Crippen LogP contribution is -2.59. The van der Waals surface area contributed by atoms with Gasteiger partial charge in [-0.05, 0) is 50.0 Å². The van der Waals surface area contributed by atoms with Crippen molar-refractivity contribution in [1.82, 2.24) is 26.6 Å². The van der Waals surface area contributed by atoms with E-state index in [0.29, 0.717) is 19.3 Å². The molecule has 0 saturated heterocycles. The number of carbonyl (C=O) groups excluding carboxylic acids is 7. The number of rotatable bonds is 34. The van der Waals surface area contributed by atoms with Crippen molar-refractivity contribution >= 4 is 47.3 Å². The second-order valence-electron chi connectivity index (χ2n) is 18.3. The van der Waals surface area contributed by atoms with E-state index < -0.39 is 78.2 Å². The van der Waals surface area contributed by atoms with Gasteiger partial charge < -0.3 is 48.3 Å². The van der Waals surface area contributed by atoms with Gasteiger partial charge in [0.05, 0.1) is 12.5 Å². The molecule has 1 aromatic carbocycles. The summed E-state index contributed by atoms with van der Waals surface area (Å²) in [7, 11) is 0. The van der Waals surface area contributed by atoms with E-state index in [1.807, 2.05) is 44.2 Å². The first-order valence-corrected chi connectivity index (χ1v) is 24.0. The molecule has 6 atom stereocenters. The molecule has 65 heavy (non-hydrogen) atoms. The molecule has 0 bridgehead atoms. The second-order valence-corrected chi connectivity index (χ2v) is 18.3. The van der Waals surface area contributed by atoms with Gasteiger partial charge in [-0.15, -0.1) is 0 Å². The van der Waals surface area contributed by atoms with Crippen molar-refractivity contribution in [2.75, 3.05) is 0 Å². The van der Waals surface area contributed by atoms with Crippen LogP contribution in [0.1, 0.15) is 168 Å². The molecular formula is C48H79N7O10. The summed E-state index contributed by atoms with van der Waals surface area (Å²) in [6.45, 7) is 5.16. The smallest absolute Gasteiger partial charge is 0.326 e. The molecule has 7 amide bonds. The zero-order valence-electron chi connectivity index (χ0n) is 39.1. The van der Waals surface area contributed by atoms with Gasteiger partial charge in [0.1, 0.15) is 30.2 Å². The van der Waals surface area contributed by atoms with E-state index in [2.05, 4.69) is 26.6 Å². The first-order valence-electron chi connectivity index (χ1n) is 24.0. The third kappa shape index (κ3) is 24.7. The van der Waals surface area contributed by atoms with Crippen LogP contribution >= 0.6 is 0 Å². The Morgan fingerprint density at radius 1 is 0.600 bits per heavy atom. The van der Waals surface area contributed by atoms with Crippen molar-refractivity contribution in [2.24, 2.45) is 23.3 Å². The number of hydrogen-bond acceptors (Lipinski definition) is 9. The summed E-state index contributed by atoms with van der Waals surface area (Å²) in [5.41, 5.74) is 11.7. The number of nitrogens with two attached hydrogens (primary N) is 2. The number of carboxylic acid groups (broad SMARTS) is 1. The van der Waals surface area contributed by atoms with Crippen molar-refractivity contribution < 1.29 is 48.6 Å². The van der Waals surface area contributed by atoms with Crippen molar-refractivity contribution in [2.45, 2.75) is 205 Å². The molecule has 0 radical (unpaired) electrons. The van der Waals surface area contributed by atoms with Gasteiger partial charge in [0, 0.05) is 19.3 Å². The van der Waals surface area contributed by atoms with Gasteiger partial charge in [-0.1, -0.05) is 140 Å². The Labute approximate surface area is 385 Å². The molecule has 366 valence electrons. The van der Waals surface area contributed by atoms with Crippen LogP contribution in [0.25, 0.3) is 0 Å². The number of benzene rings is 1. The third-order valence-electron chi connectivity index (χ3n) is 11.9. The number of nitrogens with one attached hydrogen (secondary N) is 5. The summed E-state index contributed by atoms with van der Waals surface area (Å²) in [6, 6.07) is 3.48. The van der Waals surface area contributed by atoms with Crippen molar-refractivity contribution in [3.8, 4) is 0 Å². The highest BCUT2D eigenvalue weighted by molar-refractivity contribution is 5.95. The molecule has 0 aromatic heterocycles. The number of carboxylic acids is 1. The Bertz CT molecular complexity index is 1640. The summed E-state index contributed by atoms with van der Waals surface area (Å²) >= 11 is 0. The topological polar surface area (TPSA) is 289 Å². The van der Waals surface area contributed by atoms with Crippen LogP contribution in [0.4, 0.5) is 0 Å². The molecule has 1 unspecified atom stereocenters. The minimum absolute atomic E-state index is 0.00150. The Morgan fingerprint density at radius 3 is 1.55 bits per heavy atom. The lowest BCUT2D eigenvalue weighted by atomic mass is 9.85. The molecule has 1 aromatic rings. The maximum Gasteiger partial charge on any atom is 0.326 e. The van der Waals surface area contributed by atoms with E-state index >= 15 is 0 Å². The van der Waals surface area contributed by atoms with Gasteiger partial charge in [-0.25, -0.2) is 4.79 Å². The van der Waals surface area contributed by atoms with Gasteiger partial charge in [0.2, 0.25) is 41.4 Å². The fourth-order valence-electron chi connectivity index (χ4n) is 8.23. The van der Waals surface area contributed by atoms with Gasteiger partial charge >= 0.3 is 5.97 Å². The number of carbonyl (C=O) groups is 8. The summed E-state index contributed by atoms with van der Waals surface area (Å²) < 4.78 is 0. The minimum atomic E-state index is -1.27. The van der Waals surface area contributed by atoms with Crippen LogP contribution in [0.5, 0.6) is 0 Å². The van der Waals surface area contributed by atoms with Crippen LogP contribution in [-0.2, 0) is 44.8 Å². The summed E-state index contributed by atoms with van der Waals surface area (Å²) in [5, 5.41) is 33.1. The van der Waals surface area contributed by atoms with Crippen LogP contribution in [-0.4, -0.2) is 93.8 Å². The molecule has 1 aliphatic carbocycles. The fraction of sp³-hybridized carbons (Fsp3) is 0.708. The molecular weight excluding hydrogens is 835 g/mol. The van der Waals surface area contributed by atoms with Crippen molar-refractivity contribution in [3.05, 3.63) is 35.9 Å². The van der Waals surface area contributed by atoms with Crippen molar-refractivity contribution in [3.63, 3.8) is 0 Å². The van der Waals surface area contributed by atoms with Crippen LogP contribution in [0, 0.1) is 11.8 Å². The Hall–Kier alpha value is -5.06.